The Morgan fingerprint density at radius 3 is 2.73 bits per heavy atom. The van der Waals surface area contributed by atoms with Crippen LogP contribution in [-0.2, 0) is 0 Å². The molecular weight excluding hydrogens is 332 g/mol. The lowest BCUT2D eigenvalue weighted by molar-refractivity contribution is 0.0935. The molecule has 1 unspecified atom stereocenters. The van der Waals surface area contributed by atoms with E-state index < -0.39 is 0 Å². The molecule has 1 amide bonds. The summed E-state index contributed by atoms with van der Waals surface area (Å²) < 4.78 is 10.9. The molecule has 3 heterocycles. The van der Waals surface area contributed by atoms with Crippen molar-refractivity contribution in [2.75, 3.05) is 6.54 Å². The van der Waals surface area contributed by atoms with E-state index in [2.05, 4.69) is 15.5 Å². The van der Waals surface area contributed by atoms with Crippen LogP contribution in [0.1, 0.15) is 40.4 Å². The van der Waals surface area contributed by atoms with Crippen LogP contribution in [0.4, 0.5) is 0 Å². The second kappa shape index (κ2) is 6.25. The number of nitrogens with two attached hydrogens (primary N) is 1. The maximum atomic E-state index is 13.0. The molecule has 4 rings (SSSR count). The molecule has 0 radical (unpaired) electrons. The summed E-state index contributed by atoms with van der Waals surface area (Å²) in [5.41, 5.74) is 8.79. The molecule has 3 aromatic rings. The number of nitrogens with zero attached hydrogens (tertiary/aromatic N) is 2. The van der Waals surface area contributed by atoms with Gasteiger partial charge < -0.3 is 20.0 Å². The zero-order valence-electron chi connectivity index (χ0n) is 15.1. The minimum absolute atomic E-state index is 0.00719. The molecule has 1 aliphatic rings. The van der Waals surface area contributed by atoms with Crippen LogP contribution in [0, 0.1) is 26.7 Å². The molecule has 0 aromatic carbocycles. The number of nitrogens with one attached hydrogen (secondary N) is 1. The highest BCUT2D eigenvalue weighted by Gasteiger charge is 2.32. The van der Waals surface area contributed by atoms with Crippen molar-refractivity contribution < 1.29 is 13.7 Å². The Kier molecular flexibility index (Phi) is 4.03. The Bertz CT molecular complexity index is 984. The smallest absolute Gasteiger partial charge is 0.259 e. The van der Waals surface area contributed by atoms with Crippen LogP contribution in [0.25, 0.3) is 22.4 Å². The van der Waals surface area contributed by atoms with Crippen LogP contribution in [0.15, 0.2) is 21.1 Å². The fourth-order valence-corrected chi connectivity index (χ4v) is 3.41. The first-order valence-electron chi connectivity index (χ1n) is 8.83. The van der Waals surface area contributed by atoms with Crippen LogP contribution in [-0.4, -0.2) is 28.6 Å². The van der Waals surface area contributed by atoms with Gasteiger partial charge in [-0.15, -0.1) is 0 Å². The fourth-order valence-electron chi connectivity index (χ4n) is 3.41. The first kappa shape index (κ1) is 16.8. The molecule has 0 spiro atoms. The predicted octanol–water partition coefficient (Wildman–Crippen LogP) is 2.88. The number of pyridine rings is 1. The van der Waals surface area contributed by atoms with Gasteiger partial charge in [0, 0.05) is 18.2 Å². The summed E-state index contributed by atoms with van der Waals surface area (Å²) in [4.78, 5) is 17.5. The van der Waals surface area contributed by atoms with E-state index in [0.29, 0.717) is 40.5 Å². The number of hydrogen-bond acceptors (Lipinski definition) is 6. The molecule has 0 bridgehead atoms. The zero-order valence-corrected chi connectivity index (χ0v) is 15.1. The Labute approximate surface area is 150 Å². The highest BCUT2D eigenvalue weighted by Crippen LogP contribution is 2.33. The second-order valence-corrected chi connectivity index (χ2v) is 6.98. The van der Waals surface area contributed by atoms with E-state index in [4.69, 9.17) is 14.7 Å². The molecule has 7 nitrogen and oxygen atoms in total. The number of fused-ring (bicyclic) bond motifs is 1. The van der Waals surface area contributed by atoms with Gasteiger partial charge in [0.15, 0.2) is 0 Å². The maximum Gasteiger partial charge on any atom is 0.259 e. The highest BCUT2D eigenvalue weighted by atomic mass is 16.5. The summed E-state index contributed by atoms with van der Waals surface area (Å²) in [6, 6.07) is 3.67. The van der Waals surface area contributed by atoms with Crippen molar-refractivity contribution in [2.45, 2.75) is 39.7 Å². The van der Waals surface area contributed by atoms with Crippen molar-refractivity contribution in [2.24, 2.45) is 11.7 Å². The molecule has 1 aliphatic carbocycles. The van der Waals surface area contributed by atoms with E-state index in [1.165, 1.54) is 0 Å². The minimum atomic E-state index is -0.176. The third-order valence-corrected chi connectivity index (χ3v) is 4.94. The molecule has 0 aliphatic heterocycles. The van der Waals surface area contributed by atoms with E-state index in [0.717, 1.165) is 29.9 Å². The number of aromatic nitrogens is 2. The number of carbonyl (C=O) groups is 1. The van der Waals surface area contributed by atoms with E-state index in [1.54, 1.807) is 13.0 Å². The molecule has 3 aromatic heterocycles. The Hall–Kier alpha value is -2.67. The van der Waals surface area contributed by atoms with Crippen molar-refractivity contribution in [1.82, 2.24) is 15.5 Å². The lowest BCUT2D eigenvalue weighted by atomic mass is 10.0. The van der Waals surface area contributed by atoms with Crippen LogP contribution < -0.4 is 11.1 Å². The van der Waals surface area contributed by atoms with Gasteiger partial charge >= 0.3 is 0 Å². The number of hydrogen-bond donors (Lipinski definition) is 2. The third kappa shape index (κ3) is 2.88. The predicted molar refractivity (Wildman–Crippen MR) is 96.7 cm³/mol. The fraction of sp³-hybridized carbons (Fsp3) is 0.421. The van der Waals surface area contributed by atoms with Gasteiger partial charge in [-0.3, -0.25) is 4.79 Å². The molecule has 0 saturated heterocycles. The third-order valence-electron chi connectivity index (χ3n) is 4.94. The van der Waals surface area contributed by atoms with Crippen molar-refractivity contribution >= 4 is 17.0 Å². The number of rotatable bonds is 5. The topological polar surface area (TPSA) is 107 Å². The molecule has 1 fully saturated rings. The van der Waals surface area contributed by atoms with Gasteiger partial charge in [-0.1, -0.05) is 5.16 Å². The van der Waals surface area contributed by atoms with E-state index in [1.807, 2.05) is 19.9 Å². The quantitative estimate of drug-likeness (QED) is 0.729. The van der Waals surface area contributed by atoms with Gasteiger partial charge in [0.25, 0.3) is 11.6 Å². The molecule has 3 N–H and O–H groups in total. The molecule has 1 saturated carbocycles. The summed E-state index contributed by atoms with van der Waals surface area (Å²) in [5, 5.41) is 7.69. The van der Waals surface area contributed by atoms with E-state index in [-0.39, 0.29) is 11.9 Å². The minimum Gasteiger partial charge on any atom is -0.466 e. The van der Waals surface area contributed by atoms with Crippen LogP contribution in [0.5, 0.6) is 0 Å². The first-order valence-corrected chi connectivity index (χ1v) is 8.83. The summed E-state index contributed by atoms with van der Waals surface area (Å²) in [6.45, 7) is 5.98. The lowest BCUT2D eigenvalue weighted by Crippen LogP contribution is -2.41. The SMILES string of the molecule is Cc1cc(-c2cc(C(=O)NC(CN)C3CC3)c3c(C)noc3n2)c(C)o1. The average molecular weight is 354 g/mol. The summed E-state index contributed by atoms with van der Waals surface area (Å²) in [7, 11) is 0. The molecule has 136 valence electrons. The largest absolute Gasteiger partial charge is 0.466 e. The molecular formula is C19H22N4O3. The number of furan rings is 1. The van der Waals surface area contributed by atoms with Gasteiger partial charge in [0.1, 0.15) is 11.5 Å². The summed E-state index contributed by atoms with van der Waals surface area (Å²) >= 11 is 0. The van der Waals surface area contributed by atoms with Gasteiger partial charge in [-0.05, 0) is 51.7 Å². The van der Waals surface area contributed by atoms with Gasteiger partial charge in [-0.2, -0.15) is 0 Å². The monoisotopic (exact) mass is 354 g/mol. The summed E-state index contributed by atoms with van der Waals surface area (Å²) in [6.07, 6.45) is 2.22. The number of amides is 1. The standard InChI is InChI=1S/C19H22N4O3/c1-9-6-13(11(3)25-9)15-7-14(17-10(2)23-26-19(17)22-15)18(24)21-16(8-20)12-4-5-12/h6-7,12,16H,4-5,8,20H2,1-3H3,(H,21,24). The van der Waals surface area contributed by atoms with Gasteiger partial charge in [0.2, 0.25) is 0 Å². The van der Waals surface area contributed by atoms with E-state index in [9.17, 15) is 4.79 Å². The average Bonchev–Trinajstić information content (AvgIpc) is 3.31. The van der Waals surface area contributed by atoms with Crippen molar-refractivity contribution in [3.8, 4) is 11.3 Å². The second-order valence-electron chi connectivity index (χ2n) is 6.98. The maximum absolute atomic E-state index is 13.0. The zero-order chi connectivity index (χ0) is 18.4. The van der Waals surface area contributed by atoms with Crippen molar-refractivity contribution in [3.63, 3.8) is 0 Å². The lowest BCUT2D eigenvalue weighted by Gasteiger charge is -2.16. The summed E-state index contributed by atoms with van der Waals surface area (Å²) in [5.74, 6) is 1.83. The van der Waals surface area contributed by atoms with E-state index >= 15 is 0 Å². The molecule has 7 heteroatoms. The first-order chi connectivity index (χ1) is 12.5. The Morgan fingerprint density at radius 2 is 2.12 bits per heavy atom. The van der Waals surface area contributed by atoms with Gasteiger partial charge in [-0.25, -0.2) is 4.98 Å². The van der Waals surface area contributed by atoms with Crippen LogP contribution in [0.3, 0.4) is 0 Å². The van der Waals surface area contributed by atoms with Crippen LogP contribution in [0.2, 0.25) is 0 Å². The Balaban J connectivity index is 1.80. The normalized spacial score (nSPS) is 15.4. The van der Waals surface area contributed by atoms with Crippen LogP contribution >= 0.6 is 0 Å². The molecule has 26 heavy (non-hydrogen) atoms. The Morgan fingerprint density at radius 1 is 1.35 bits per heavy atom. The molecule has 1 atom stereocenters. The van der Waals surface area contributed by atoms with Crippen molar-refractivity contribution in [3.05, 3.63) is 34.9 Å². The van der Waals surface area contributed by atoms with Crippen molar-refractivity contribution in [1.29, 1.82) is 0 Å². The number of aryl methyl sites for hydroxylation is 3. The highest BCUT2D eigenvalue weighted by molar-refractivity contribution is 6.07. The van der Waals surface area contributed by atoms with Gasteiger partial charge in [0.05, 0.1) is 22.3 Å². The number of carbonyl (C=O) groups excluding carboxylic acids is 1.